The first-order valence-corrected chi connectivity index (χ1v) is 1.82. The fourth-order valence-electron chi connectivity index (χ4n) is 0.0680. The van der Waals surface area contributed by atoms with Crippen LogP contribution in [0.15, 0.2) is 0 Å². The van der Waals surface area contributed by atoms with Crippen LogP contribution in [0, 0.1) is 0 Å². The largest absolute Gasteiger partial charge is 0.295 e. The van der Waals surface area contributed by atoms with E-state index in [1.54, 1.807) is 14.2 Å². The Labute approximate surface area is 35.9 Å². The summed E-state index contributed by atoms with van der Waals surface area (Å²) in [6.45, 7) is 0. The van der Waals surface area contributed by atoms with Crippen molar-refractivity contribution in [3.05, 3.63) is 0 Å². The average molecular weight is 94.1 g/mol. The highest BCUT2D eigenvalue weighted by atomic mass is 32.2. The molecule has 3 heteroatoms. The molecule has 0 aliphatic carbocycles. The summed E-state index contributed by atoms with van der Waals surface area (Å²) in [5.74, 6) is 0. The van der Waals surface area contributed by atoms with E-state index in [1.807, 2.05) is 0 Å². The van der Waals surface area contributed by atoms with Gasteiger partial charge >= 0.3 is 0 Å². The molecule has 2 nitrogen and oxygen atoms in total. The molecule has 0 saturated carbocycles. The van der Waals surface area contributed by atoms with E-state index >= 15 is 0 Å². The Hall–Kier alpha value is 0.270. The summed E-state index contributed by atoms with van der Waals surface area (Å²) in [6, 6.07) is 0. The number of hydrogen-bond acceptors (Lipinski definition) is 3. The third-order valence-corrected chi connectivity index (χ3v) is 0.408. The fraction of sp³-hybridized carbons (Fsp3) is 1.00. The molecule has 0 aromatic rings. The number of rotatable bonds is 2. The van der Waals surface area contributed by atoms with Crippen LogP contribution in [0.5, 0.6) is 0 Å². The first-order chi connectivity index (χ1) is 2.41. The van der Waals surface area contributed by atoms with E-state index in [0.29, 0.717) is 0 Å². The minimum absolute atomic E-state index is 0.963. The minimum atomic E-state index is 0.963. The van der Waals surface area contributed by atoms with Crippen molar-refractivity contribution in [2.75, 3.05) is 14.2 Å². The van der Waals surface area contributed by atoms with Crippen LogP contribution in [-0.4, -0.2) is 14.2 Å². The van der Waals surface area contributed by atoms with Crippen LogP contribution in [0.25, 0.3) is 0 Å². The molecule has 0 aliphatic heterocycles. The molecule has 0 heterocycles. The summed E-state index contributed by atoms with van der Waals surface area (Å²) in [7, 11) is 3.10. The summed E-state index contributed by atoms with van der Waals surface area (Å²) in [5.41, 5.74) is 0. The molecule has 0 fully saturated rings. The molecule has 0 saturated heterocycles. The van der Waals surface area contributed by atoms with Crippen molar-refractivity contribution in [1.29, 1.82) is 0 Å². The zero-order valence-corrected chi connectivity index (χ0v) is 4.04. The lowest BCUT2D eigenvalue weighted by molar-refractivity contribution is 0.386. The van der Waals surface area contributed by atoms with Gasteiger partial charge in [-0.3, -0.25) is 8.37 Å². The lowest BCUT2D eigenvalue weighted by atomic mass is 11.8. The zero-order valence-electron chi connectivity index (χ0n) is 3.22. The minimum Gasteiger partial charge on any atom is -0.295 e. The molecule has 5 heavy (non-hydrogen) atoms. The van der Waals surface area contributed by atoms with Gasteiger partial charge in [-0.2, -0.15) is 0 Å². The first kappa shape index (κ1) is 5.27. The Morgan fingerprint density at radius 2 is 1.60 bits per heavy atom. The molecule has 0 rings (SSSR count). The second-order valence-electron chi connectivity index (χ2n) is 0.401. The van der Waals surface area contributed by atoms with Gasteiger partial charge in [0.1, 0.15) is 0 Å². The Balaban J connectivity index is 2.19. The molecule has 0 unspecified atom stereocenters. The SMILES string of the molecule is COSOC. The summed E-state index contributed by atoms with van der Waals surface area (Å²) in [5, 5.41) is 0. The fourth-order valence-corrected chi connectivity index (χ4v) is 0.204. The second-order valence-corrected chi connectivity index (χ2v) is 1.20. The maximum Gasteiger partial charge on any atom is 0.158 e. The number of hydrogen-bond donors (Lipinski definition) is 0. The normalized spacial score (nSPS) is 8.40. The highest BCUT2D eigenvalue weighted by Crippen LogP contribution is 1.94. The lowest BCUT2D eigenvalue weighted by Crippen LogP contribution is -1.64. The first-order valence-electron chi connectivity index (χ1n) is 1.15. The van der Waals surface area contributed by atoms with Crippen LogP contribution in [-0.2, 0) is 8.37 Å². The van der Waals surface area contributed by atoms with Crippen molar-refractivity contribution in [3.63, 3.8) is 0 Å². The Morgan fingerprint density at radius 3 is 1.60 bits per heavy atom. The molecule has 0 aromatic carbocycles. The maximum absolute atomic E-state index is 4.39. The van der Waals surface area contributed by atoms with Crippen LogP contribution >= 0.6 is 12.3 Å². The van der Waals surface area contributed by atoms with Gasteiger partial charge in [0.25, 0.3) is 0 Å². The molecule has 0 radical (unpaired) electrons. The quantitative estimate of drug-likeness (QED) is 0.472. The van der Waals surface area contributed by atoms with E-state index in [2.05, 4.69) is 8.37 Å². The summed E-state index contributed by atoms with van der Waals surface area (Å²) >= 11 is 0.963. The van der Waals surface area contributed by atoms with Crippen molar-refractivity contribution in [3.8, 4) is 0 Å². The topological polar surface area (TPSA) is 18.5 Å². The third-order valence-electron chi connectivity index (χ3n) is 0.136. The van der Waals surface area contributed by atoms with Gasteiger partial charge in [-0.25, -0.2) is 0 Å². The molecular formula is C2H6O2S. The molecular weight excluding hydrogens is 88.1 g/mol. The summed E-state index contributed by atoms with van der Waals surface area (Å²) in [4.78, 5) is 0. The average Bonchev–Trinajstić information content (AvgIpc) is 1.41. The van der Waals surface area contributed by atoms with Gasteiger partial charge in [-0.15, -0.1) is 0 Å². The van der Waals surface area contributed by atoms with E-state index in [4.69, 9.17) is 0 Å². The molecule has 0 spiro atoms. The highest BCUT2D eigenvalue weighted by Gasteiger charge is 1.66. The summed E-state index contributed by atoms with van der Waals surface area (Å²) in [6.07, 6.45) is 0. The van der Waals surface area contributed by atoms with Crippen molar-refractivity contribution in [1.82, 2.24) is 0 Å². The predicted molar refractivity (Wildman–Crippen MR) is 21.6 cm³/mol. The van der Waals surface area contributed by atoms with Gasteiger partial charge in [-0.05, 0) is 0 Å². The molecule has 0 N–H and O–H groups in total. The van der Waals surface area contributed by atoms with E-state index in [0.717, 1.165) is 12.3 Å². The van der Waals surface area contributed by atoms with Gasteiger partial charge in [0.05, 0.1) is 14.2 Å². The Bertz CT molecular complexity index is 15.1. The molecule has 0 amide bonds. The van der Waals surface area contributed by atoms with Crippen molar-refractivity contribution in [2.24, 2.45) is 0 Å². The van der Waals surface area contributed by atoms with Gasteiger partial charge in [0.2, 0.25) is 0 Å². The van der Waals surface area contributed by atoms with Crippen LogP contribution in [0.2, 0.25) is 0 Å². The van der Waals surface area contributed by atoms with Crippen molar-refractivity contribution >= 4 is 12.3 Å². The van der Waals surface area contributed by atoms with Crippen LogP contribution in [0.3, 0.4) is 0 Å². The Morgan fingerprint density at radius 1 is 1.20 bits per heavy atom. The van der Waals surface area contributed by atoms with Crippen LogP contribution in [0.1, 0.15) is 0 Å². The van der Waals surface area contributed by atoms with Gasteiger partial charge < -0.3 is 0 Å². The molecule has 0 atom stereocenters. The van der Waals surface area contributed by atoms with Crippen LogP contribution < -0.4 is 0 Å². The van der Waals surface area contributed by atoms with Crippen molar-refractivity contribution in [2.45, 2.75) is 0 Å². The van der Waals surface area contributed by atoms with E-state index in [1.165, 1.54) is 0 Å². The molecule has 32 valence electrons. The van der Waals surface area contributed by atoms with Crippen LogP contribution in [0.4, 0.5) is 0 Å². The highest BCUT2D eigenvalue weighted by molar-refractivity contribution is 7.89. The monoisotopic (exact) mass is 94.0 g/mol. The molecule has 0 aliphatic rings. The van der Waals surface area contributed by atoms with Crippen molar-refractivity contribution < 1.29 is 8.37 Å². The smallest absolute Gasteiger partial charge is 0.158 e. The van der Waals surface area contributed by atoms with Gasteiger partial charge in [0.15, 0.2) is 12.3 Å². The molecule has 0 aromatic heterocycles. The Kier molecular flexibility index (Phi) is 4.50. The maximum atomic E-state index is 4.39. The summed E-state index contributed by atoms with van der Waals surface area (Å²) < 4.78 is 8.77. The van der Waals surface area contributed by atoms with E-state index < -0.39 is 0 Å². The van der Waals surface area contributed by atoms with Gasteiger partial charge in [-0.1, -0.05) is 0 Å². The second kappa shape index (κ2) is 4.27. The molecule has 0 bridgehead atoms. The van der Waals surface area contributed by atoms with E-state index in [-0.39, 0.29) is 0 Å². The lowest BCUT2D eigenvalue weighted by Gasteiger charge is -1.83. The third kappa shape index (κ3) is 4.27. The standard InChI is InChI=1S/C2H6O2S/c1-3-5-4-2/h1-2H3. The van der Waals surface area contributed by atoms with Gasteiger partial charge in [0, 0.05) is 0 Å². The zero-order chi connectivity index (χ0) is 4.12. The predicted octanol–water partition coefficient (Wildman–Crippen LogP) is 0.842. The van der Waals surface area contributed by atoms with E-state index in [9.17, 15) is 0 Å².